The third-order valence-corrected chi connectivity index (χ3v) is 2.21. The fourth-order valence-electron chi connectivity index (χ4n) is 1.29. The summed E-state index contributed by atoms with van der Waals surface area (Å²) in [7, 11) is 0. The molecule has 0 saturated heterocycles. The highest BCUT2D eigenvalue weighted by Gasteiger charge is 2.11. The van der Waals surface area contributed by atoms with Gasteiger partial charge in [-0.05, 0) is 18.4 Å². The number of benzene rings is 1. The Morgan fingerprint density at radius 3 is 2.43 bits per heavy atom. The minimum Gasteiger partial charge on any atom is -0.390 e. The van der Waals surface area contributed by atoms with E-state index >= 15 is 0 Å². The second-order valence-corrected chi connectivity index (χ2v) is 3.32. The molecule has 0 heterocycles. The van der Waals surface area contributed by atoms with Gasteiger partial charge in [0.1, 0.15) is 0 Å². The average molecular weight is 192 g/mol. The van der Waals surface area contributed by atoms with Crippen LogP contribution < -0.4 is 0 Å². The molecule has 1 aromatic carbocycles. The molecule has 0 aromatic heterocycles. The minimum absolute atomic E-state index is 0.553. The zero-order valence-corrected chi connectivity index (χ0v) is 8.13. The van der Waals surface area contributed by atoms with Gasteiger partial charge in [0.25, 0.3) is 0 Å². The van der Waals surface area contributed by atoms with Gasteiger partial charge in [0.2, 0.25) is 0 Å². The van der Waals surface area contributed by atoms with Crippen molar-refractivity contribution in [3.8, 4) is 0 Å². The Balaban J connectivity index is 2.37. The summed E-state index contributed by atoms with van der Waals surface area (Å²) in [5.41, 5.74) is 1.17. The van der Waals surface area contributed by atoms with E-state index in [1.54, 1.807) is 0 Å². The van der Waals surface area contributed by atoms with Gasteiger partial charge in [-0.3, -0.25) is 0 Å². The molecule has 0 saturated carbocycles. The van der Waals surface area contributed by atoms with Crippen LogP contribution >= 0.6 is 0 Å². The van der Waals surface area contributed by atoms with Gasteiger partial charge in [0.05, 0.1) is 12.2 Å². The first kappa shape index (κ1) is 11.0. The molecule has 1 aromatic rings. The Kier molecular flexibility index (Phi) is 4.36. The zero-order chi connectivity index (χ0) is 10.4. The molecule has 2 nitrogen and oxygen atoms in total. The Morgan fingerprint density at radius 1 is 1.21 bits per heavy atom. The molecule has 2 atom stereocenters. The summed E-state index contributed by atoms with van der Waals surface area (Å²) in [5.74, 6) is 0. The van der Waals surface area contributed by atoms with Crippen LogP contribution in [0.3, 0.4) is 0 Å². The van der Waals surface area contributed by atoms with E-state index in [9.17, 15) is 10.2 Å². The molecule has 0 unspecified atom stereocenters. The Morgan fingerprint density at radius 2 is 1.86 bits per heavy atom. The molecule has 1 rings (SSSR count). The van der Waals surface area contributed by atoms with Gasteiger partial charge in [0, 0.05) is 0 Å². The highest BCUT2D eigenvalue weighted by molar-refractivity contribution is 5.14. The van der Waals surface area contributed by atoms with E-state index < -0.39 is 12.2 Å². The Bertz CT molecular complexity index is 269. The summed E-state index contributed by atoms with van der Waals surface area (Å²) in [5, 5.41) is 18.7. The molecule has 0 fully saturated rings. The van der Waals surface area contributed by atoms with Crippen molar-refractivity contribution in [2.75, 3.05) is 0 Å². The van der Waals surface area contributed by atoms with Gasteiger partial charge in [-0.15, -0.1) is 6.58 Å². The van der Waals surface area contributed by atoms with E-state index in [1.165, 1.54) is 11.6 Å². The van der Waals surface area contributed by atoms with Gasteiger partial charge >= 0.3 is 0 Å². The zero-order valence-electron chi connectivity index (χ0n) is 8.13. The van der Waals surface area contributed by atoms with E-state index in [-0.39, 0.29) is 0 Å². The highest BCUT2D eigenvalue weighted by atomic mass is 16.3. The number of hydrogen-bond donors (Lipinski definition) is 2. The predicted molar refractivity (Wildman–Crippen MR) is 57.0 cm³/mol. The lowest BCUT2D eigenvalue weighted by Gasteiger charge is -2.13. The molecule has 0 aliphatic rings. The van der Waals surface area contributed by atoms with Crippen molar-refractivity contribution in [1.29, 1.82) is 0 Å². The molecule has 76 valence electrons. The van der Waals surface area contributed by atoms with E-state index in [0.29, 0.717) is 6.42 Å². The van der Waals surface area contributed by atoms with E-state index in [0.717, 1.165) is 6.42 Å². The maximum atomic E-state index is 9.46. The largest absolute Gasteiger partial charge is 0.390 e. The lowest BCUT2D eigenvalue weighted by molar-refractivity contribution is 0.0437. The highest BCUT2D eigenvalue weighted by Crippen LogP contribution is 2.07. The number of aliphatic hydroxyl groups excluding tert-OH is 2. The summed E-state index contributed by atoms with van der Waals surface area (Å²) in [6.07, 6.45) is 1.14. The second kappa shape index (κ2) is 5.58. The lowest BCUT2D eigenvalue weighted by Crippen LogP contribution is -2.23. The Hall–Kier alpha value is -1.12. The fraction of sp³-hybridized carbons (Fsp3) is 0.333. The van der Waals surface area contributed by atoms with Crippen molar-refractivity contribution in [3.05, 3.63) is 48.6 Å². The molecule has 0 aliphatic carbocycles. The fourth-order valence-corrected chi connectivity index (χ4v) is 1.29. The minimum atomic E-state index is -0.821. The molecule has 0 bridgehead atoms. The van der Waals surface area contributed by atoms with Gasteiger partial charge < -0.3 is 10.2 Å². The average Bonchev–Trinajstić information content (AvgIpc) is 2.26. The van der Waals surface area contributed by atoms with Crippen molar-refractivity contribution in [2.24, 2.45) is 0 Å². The third kappa shape index (κ3) is 3.32. The van der Waals surface area contributed by atoms with E-state index in [2.05, 4.69) is 6.58 Å². The molecule has 0 amide bonds. The normalized spacial score (nSPS) is 14.7. The molecule has 14 heavy (non-hydrogen) atoms. The molecule has 0 radical (unpaired) electrons. The summed E-state index contributed by atoms with van der Waals surface area (Å²) < 4.78 is 0. The second-order valence-electron chi connectivity index (χ2n) is 3.32. The number of aliphatic hydroxyl groups is 2. The summed E-state index contributed by atoms with van der Waals surface area (Å²) in [6, 6.07) is 9.90. The number of rotatable bonds is 5. The third-order valence-electron chi connectivity index (χ3n) is 2.21. The van der Waals surface area contributed by atoms with Crippen molar-refractivity contribution in [2.45, 2.75) is 25.0 Å². The molecular formula is C12H16O2. The molecule has 2 heteroatoms. The van der Waals surface area contributed by atoms with Crippen LogP contribution in [0.15, 0.2) is 43.0 Å². The van der Waals surface area contributed by atoms with Crippen molar-refractivity contribution in [1.82, 2.24) is 0 Å². The van der Waals surface area contributed by atoms with Gasteiger partial charge in [-0.25, -0.2) is 0 Å². The molecule has 2 N–H and O–H groups in total. The van der Waals surface area contributed by atoms with Crippen LogP contribution in [0.5, 0.6) is 0 Å². The first-order valence-electron chi connectivity index (χ1n) is 4.76. The van der Waals surface area contributed by atoms with Crippen LogP contribution in [0.25, 0.3) is 0 Å². The van der Waals surface area contributed by atoms with Crippen LogP contribution in [0.2, 0.25) is 0 Å². The smallest absolute Gasteiger partial charge is 0.0977 e. The summed E-state index contributed by atoms with van der Waals surface area (Å²) >= 11 is 0. The number of hydrogen-bond acceptors (Lipinski definition) is 2. The summed E-state index contributed by atoms with van der Waals surface area (Å²) in [4.78, 5) is 0. The van der Waals surface area contributed by atoms with Crippen LogP contribution in [0, 0.1) is 0 Å². The summed E-state index contributed by atoms with van der Waals surface area (Å²) in [6.45, 7) is 3.43. The molecular weight excluding hydrogens is 176 g/mol. The van der Waals surface area contributed by atoms with Gasteiger partial charge in [-0.2, -0.15) is 0 Å². The maximum Gasteiger partial charge on any atom is 0.0977 e. The predicted octanol–water partition coefficient (Wildman–Crippen LogP) is 1.53. The first-order valence-corrected chi connectivity index (χ1v) is 4.76. The first-order chi connectivity index (χ1) is 6.74. The van der Waals surface area contributed by atoms with Gasteiger partial charge in [-0.1, -0.05) is 36.4 Å². The van der Waals surface area contributed by atoms with Crippen molar-refractivity contribution in [3.63, 3.8) is 0 Å². The topological polar surface area (TPSA) is 40.5 Å². The monoisotopic (exact) mass is 192 g/mol. The van der Waals surface area contributed by atoms with Crippen molar-refractivity contribution >= 4 is 0 Å². The standard InChI is InChI=1S/C12H16O2/c1-2-11(13)12(14)9-8-10-6-4-3-5-7-10/h2-7,11-14H,1,8-9H2/t11-,12-/m0/s1. The maximum absolute atomic E-state index is 9.46. The van der Waals surface area contributed by atoms with Crippen LogP contribution in [0.1, 0.15) is 12.0 Å². The van der Waals surface area contributed by atoms with Crippen LogP contribution in [-0.4, -0.2) is 22.4 Å². The molecule has 0 spiro atoms. The number of aryl methyl sites for hydroxylation is 1. The van der Waals surface area contributed by atoms with Crippen LogP contribution in [-0.2, 0) is 6.42 Å². The Labute approximate surface area is 84.5 Å². The van der Waals surface area contributed by atoms with E-state index in [1.807, 2.05) is 30.3 Å². The van der Waals surface area contributed by atoms with Gasteiger partial charge in [0.15, 0.2) is 0 Å². The van der Waals surface area contributed by atoms with Crippen LogP contribution in [0.4, 0.5) is 0 Å². The van der Waals surface area contributed by atoms with Crippen molar-refractivity contribution < 1.29 is 10.2 Å². The molecule has 0 aliphatic heterocycles. The van der Waals surface area contributed by atoms with E-state index in [4.69, 9.17) is 0 Å². The lowest BCUT2D eigenvalue weighted by atomic mass is 10.0. The SMILES string of the molecule is C=C[C@H](O)[C@@H](O)CCc1ccccc1. The quantitative estimate of drug-likeness (QED) is 0.694.